The molecular weight excluding hydrogens is 334 g/mol. The molecule has 0 radical (unpaired) electrons. The van der Waals surface area contributed by atoms with Gasteiger partial charge in [-0.2, -0.15) is 5.26 Å². The number of aromatic nitrogens is 2. The normalized spacial score (nSPS) is 12.7. The van der Waals surface area contributed by atoms with Crippen LogP contribution in [0.25, 0.3) is 5.69 Å². The lowest BCUT2D eigenvalue weighted by Gasteiger charge is -2.14. The van der Waals surface area contributed by atoms with Gasteiger partial charge in [-0.15, -0.1) is 0 Å². The topological polar surface area (TPSA) is 94.1 Å². The van der Waals surface area contributed by atoms with Crippen molar-refractivity contribution >= 4 is 5.97 Å². The number of benzene rings is 1. The van der Waals surface area contributed by atoms with Crippen molar-refractivity contribution in [3.63, 3.8) is 0 Å². The number of fused-ring (bicyclic) bond motifs is 1. The number of hydrogen-bond donors (Lipinski definition) is 0. The molecule has 0 N–H and O–H groups in total. The van der Waals surface area contributed by atoms with Crippen molar-refractivity contribution in [2.45, 2.75) is 39.2 Å². The first-order valence-electron chi connectivity index (χ1n) is 8.44. The molecule has 3 rings (SSSR count). The van der Waals surface area contributed by atoms with Crippen molar-refractivity contribution in [1.82, 2.24) is 9.13 Å². The molecule has 1 aliphatic carbocycles. The fraction of sp³-hybridized carbons (Fsp3) is 0.368. The molecule has 1 aromatic heterocycles. The lowest BCUT2D eigenvalue weighted by Crippen LogP contribution is -2.40. The second-order valence-corrected chi connectivity index (χ2v) is 6.56. The maximum atomic E-state index is 12.8. The molecule has 0 spiro atoms. The monoisotopic (exact) mass is 353 g/mol. The molecule has 0 bridgehead atoms. The van der Waals surface area contributed by atoms with Crippen LogP contribution in [0.5, 0.6) is 0 Å². The van der Waals surface area contributed by atoms with Crippen LogP contribution in [0, 0.1) is 11.3 Å². The Kier molecular flexibility index (Phi) is 4.51. The van der Waals surface area contributed by atoms with E-state index in [9.17, 15) is 19.6 Å². The summed E-state index contributed by atoms with van der Waals surface area (Å²) in [7, 11) is 1.64. The van der Waals surface area contributed by atoms with E-state index in [1.807, 2.05) is 6.07 Å². The first kappa shape index (κ1) is 17.7. The molecule has 1 heterocycles. The molecule has 1 aromatic carbocycles. The van der Waals surface area contributed by atoms with E-state index in [4.69, 9.17) is 4.74 Å². The Hall–Kier alpha value is -3.14. The molecule has 0 fully saturated rings. The Morgan fingerprint density at radius 3 is 2.65 bits per heavy atom. The molecular formula is C19H19N3O4. The Bertz CT molecular complexity index is 1050. The third-order valence-electron chi connectivity index (χ3n) is 4.48. The van der Waals surface area contributed by atoms with Gasteiger partial charge in [0.25, 0.3) is 5.56 Å². The molecule has 26 heavy (non-hydrogen) atoms. The second kappa shape index (κ2) is 6.64. The fourth-order valence-corrected chi connectivity index (χ4v) is 3.26. The van der Waals surface area contributed by atoms with E-state index in [-0.39, 0.29) is 28.5 Å². The van der Waals surface area contributed by atoms with E-state index >= 15 is 0 Å². The van der Waals surface area contributed by atoms with Gasteiger partial charge in [-0.05, 0) is 51.3 Å². The Labute approximate surface area is 150 Å². The molecule has 0 aliphatic heterocycles. The predicted molar refractivity (Wildman–Crippen MR) is 94.6 cm³/mol. The van der Waals surface area contributed by atoms with Crippen LogP contribution in [-0.2, 0) is 24.6 Å². The molecule has 0 atom stereocenters. The van der Waals surface area contributed by atoms with Crippen LogP contribution < -0.4 is 11.2 Å². The predicted octanol–water partition coefficient (Wildman–Crippen LogP) is 1.46. The van der Waals surface area contributed by atoms with Crippen LogP contribution in [-0.4, -0.2) is 21.2 Å². The second-order valence-electron chi connectivity index (χ2n) is 6.56. The van der Waals surface area contributed by atoms with Gasteiger partial charge in [0.1, 0.15) is 6.07 Å². The van der Waals surface area contributed by atoms with Gasteiger partial charge < -0.3 is 9.30 Å². The number of esters is 1. The molecule has 0 amide bonds. The summed E-state index contributed by atoms with van der Waals surface area (Å²) in [5.41, 5.74) is 0.975. The summed E-state index contributed by atoms with van der Waals surface area (Å²) in [5, 5.41) is 9.25. The van der Waals surface area contributed by atoms with Crippen molar-refractivity contribution in [3.05, 3.63) is 61.4 Å². The summed E-state index contributed by atoms with van der Waals surface area (Å²) in [6, 6.07) is 6.22. The number of nitriles is 1. The number of carbonyl (C=O) groups is 1. The van der Waals surface area contributed by atoms with Crippen LogP contribution >= 0.6 is 0 Å². The number of carbonyl (C=O) groups excluding carboxylic acids is 1. The molecule has 1 aliphatic rings. The number of ether oxygens (including phenoxy) is 1. The summed E-state index contributed by atoms with van der Waals surface area (Å²) in [5.74, 6) is -0.663. The Balaban J connectivity index is 2.22. The molecule has 0 saturated carbocycles. The van der Waals surface area contributed by atoms with Gasteiger partial charge >= 0.3 is 11.7 Å². The zero-order valence-corrected chi connectivity index (χ0v) is 14.9. The molecule has 0 unspecified atom stereocenters. The highest BCUT2D eigenvalue weighted by Gasteiger charge is 2.23. The Morgan fingerprint density at radius 2 is 2.00 bits per heavy atom. The molecule has 0 saturated heterocycles. The minimum absolute atomic E-state index is 0.0353. The van der Waals surface area contributed by atoms with Crippen molar-refractivity contribution in [1.29, 1.82) is 5.26 Å². The Morgan fingerprint density at radius 1 is 1.27 bits per heavy atom. The van der Waals surface area contributed by atoms with Crippen LogP contribution in [0.1, 0.15) is 47.4 Å². The third kappa shape index (κ3) is 2.84. The van der Waals surface area contributed by atoms with Crippen LogP contribution in [0.4, 0.5) is 0 Å². The maximum Gasteiger partial charge on any atom is 0.339 e. The maximum absolute atomic E-state index is 12.8. The van der Waals surface area contributed by atoms with E-state index in [0.717, 1.165) is 16.7 Å². The number of nitrogens with zero attached hydrogens (tertiary/aromatic N) is 3. The highest BCUT2D eigenvalue weighted by atomic mass is 16.5. The summed E-state index contributed by atoms with van der Waals surface area (Å²) < 4.78 is 7.70. The van der Waals surface area contributed by atoms with Gasteiger partial charge in [0.2, 0.25) is 0 Å². The lowest BCUT2D eigenvalue weighted by molar-refractivity contribution is 0.0377. The van der Waals surface area contributed by atoms with Gasteiger partial charge in [0.15, 0.2) is 0 Å². The largest absolute Gasteiger partial charge is 0.459 e. The SMILES string of the molecule is CC(C)OC(=O)c1cc(-n2c(=O)c3c(n(C)c2=O)CCC3)ccc1C#N. The van der Waals surface area contributed by atoms with E-state index < -0.39 is 11.7 Å². The highest BCUT2D eigenvalue weighted by Crippen LogP contribution is 2.19. The zero-order chi connectivity index (χ0) is 19.0. The minimum Gasteiger partial charge on any atom is -0.459 e. The average molecular weight is 353 g/mol. The van der Waals surface area contributed by atoms with Crippen LogP contribution in [0.15, 0.2) is 27.8 Å². The molecule has 7 nitrogen and oxygen atoms in total. The van der Waals surface area contributed by atoms with Crippen molar-refractivity contribution in [2.24, 2.45) is 7.05 Å². The molecule has 134 valence electrons. The number of hydrogen-bond acceptors (Lipinski definition) is 5. The van der Waals surface area contributed by atoms with E-state index in [1.54, 1.807) is 20.9 Å². The molecule has 7 heteroatoms. The minimum atomic E-state index is -0.663. The zero-order valence-electron chi connectivity index (χ0n) is 14.9. The summed E-state index contributed by atoms with van der Waals surface area (Å²) in [6.45, 7) is 3.41. The summed E-state index contributed by atoms with van der Waals surface area (Å²) in [4.78, 5) is 37.8. The number of rotatable bonds is 3. The van der Waals surface area contributed by atoms with Crippen molar-refractivity contribution < 1.29 is 9.53 Å². The van der Waals surface area contributed by atoms with Gasteiger partial charge in [0, 0.05) is 18.3 Å². The van der Waals surface area contributed by atoms with Gasteiger partial charge in [-0.25, -0.2) is 14.2 Å². The fourth-order valence-electron chi connectivity index (χ4n) is 3.26. The van der Waals surface area contributed by atoms with E-state index in [2.05, 4.69) is 0 Å². The van der Waals surface area contributed by atoms with E-state index in [1.165, 1.54) is 22.8 Å². The quantitative estimate of drug-likeness (QED) is 0.779. The summed E-state index contributed by atoms with van der Waals surface area (Å²) >= 11 is 0. The van der Waals surface area contributed by atoms with Crippen molar-refractivity contribution in [2.75, 3.05) is 0 Å². The van der Waals surface area contributed by atoms with Crippen LogP contribution in [0.2, 0.25) is 0 Å². The lowest BCUT2D eigenvalue weighted by atomic mass is 10.1. The van der Waals surface area contributed by atoms with Crippen LogP contribution in [0.3, 0.4) is 0 Å². The standard InChI is InChI=1S/C19H19N3O4/c1-11(2)26-18(24)15-9-13(8-7-12(15)10-20)22-17(23)14-5-4-6-16(14)21(3)19(22)25/h7-9,11H,4-6H2,1-3H3. The van der Waals surface area contributed by atoms with Gasteiger partial charge in [0.05, 0.1) is 22.9 Å². The first-order valence-corrected chi connectivity index (χ1v) is 8.44. The highest BCUT2D eigenvalue weighted by molar-refractivity contribution is 5.93. The first-order chi connectivity index (χ1) is 12.3. The molecule has 2 aromatic rings. The van der Waals surface area contributed by atoms with E-state index in [0.29, 0.717) is 18.4 Å². The van der Waals surface area contributed by atoms with Gasteiger partial charge in [-0.3, -0.25) is 4.79 Å². The smallest absolute Gasteiger partial charge is 0.339 e. The van der Waals surface area contributed by atoms with Gasteiger partial charge in [-0.1, -0.05) is 0 Å². The third-order valence-corrected chi connectivity index (χ3v) is 4.48. The van der Waals surface area contributed by atoms with Crippen molar-refractivity contribution in [3.8, 4) is 11.8 Å². The average Bonchev–Trinajstić information content (AvgIpc) is 3.09. The summed E-state index contributed by atoms with van der Waals surface area (Å²) in [6.07, 6.45) is 1.81.